The van der Waals surface area contributed by atoms with E-state index in [-0.39, 0.29) is 6.04 Å². The highest BCUT2D eigenvalue weighted by Gasteiger charge is 2.02. The molecule has 0 aliphatic heterocycles. The average Bonchev–Trinajstić information content (AvgIpc) is 2.34. The van der Waals surface area contributed by atoms with Gasteiger partial charge in [0.25, 0.3) is 0 Å². The molecule has 56 valence electrons. The molecule has 0 aliphatic carbocycles. The van der Waals surface area contributed by atoms with E-state index >= 15 is 0 Å². The van der Waals surface area contributed by atoms with Crippen molar-refractivity contribution in [2.45, 2.75) is 13.0 Å². The van der Waals surface area contributed by atoms with Gasteiger partial charge >= 0.3 is 0 Å². The van der Waals surface area contributed by atoms with E-state index in [0.717, 1.165) is 10.6 Å². The van der Waals surface area contributed by atoms with Crippen molar-refractivity contribution in [3.63, 3.8) is 0 Å². The number of nitrogens with two attached hydrogens (primary N) is 1. The van der Waals surface area contributed by atoms with E-state index in [2.05, 4.69) is 0 Å². The third kappa shape index (κ3) is 1.49. The molecule has 1 heterocycles. The van der Waals surface area contributed by atoms with Crippen molar-refractivity contribution < 1.29 is 4.74 Å². The average molecular weight is 157 g/mol. The third-order valence-electron chi connectivity index (χ3n) is 1.32. The molecule has 0 bridgehead atoms. The lowest BCUT2D eigenvalue weighted by atomic mass is 10.2. The summed E-state index contributed by atoms with van der Waals surface area (Å²) >= 11 is 1.58. The van der Waals surface area contributed by atoms with Gasteiger partial charge in [0.1, 0.15) is 0 Å². The first-order valence-corrected chi connectivity index (χ1v) is 4.00. The smallest absolute Gasteiger partial charge is 0.173 e. The highest BCUT2D eigenvalue weighted by molar-refractivity contribution is 7.12. The van der Waals surface area contributed by atoms with E-state index in [0.29, 0.717) is 0 Å². The van der Waals surface area contributed by atoms with Crippen LogP contribution in [0.4, 0.5) is 0 Å². The number of thiophene rings is 1. The van der Waals surface area contributed by atoms with E-state index in [4.69, 9.17) is 10.5 Å². The summed E-state index contributed by atoms with van der Waals surface area (Å²) in [5.74, 6) is 0. The number of ether oxygens (including phenoxy) is 1. The summed E-state index contributed by atoms with van der Waals surface area (Å²) in [5, 5.41) is 2.94. The third-order valence-corrected chi connectivity index (χ3v) is 2.23. The molecular formula is C7H11NOS. The molecule has 0 saturated heterocycles. The molecule has 2 N–H and O–H groups in total. The van der Waals surface area contributed by atoms with Crippen LogP contribution in [-0.2, 0) is 0 Å². The van der Waals surface area contributed by atoms with Gasteiger partial charge in [-0.2, -0.15) is 0 Å². The number of hydrogen-bond donors (Lipinski definition) is 1. The van der Waals surface area contributed by atoms with E-state index < -0.39 is 0 Å². The van der Waals surface area contributed by atoms with E-state index in [1.54, 1.807) is 18.4 Å². The Hall–Kier alpha value is -0.540. The number of methoxy groups -OCH3 is 1. The van der Waals surface area contributed by atoms with Gasteiger partial charge in [-0.05, 0) is 23.9 Å². The summed E-state index contributed by atoms with van der Waals surface area (Å²) in [6.07, 6.45) is 0. The summed E-state index contributed by atoms with van der Waals surface area (Å²) in [6, 6.07) is 2.08. The largest absolute Gasteiger partial charge is 0.487 e. The zero-order chi connectivity index (χ0) is 7.56. The van der Waals surface area contributed by atoms with Crippen molar-refractivity contribution in [1.82, 2.24) is 0 Å². The van der Waals surface area contributed by atoms with Crippen molar-refractivity contribution >= 4 is 11.3 Å². The fraction of sp³-hybridized carbons (Fsp3) is 0.429. The molecule has 0 spiro atoms. The highest BCUT2D eigenvalue weighted by atomic mass is 32.1. The molecule has 2 nitrogen and oxygen atoms in total. The molecule has 0 fully saturated rings. The SMILES string of the molecule is COc1cc([C@@H](C)N)cs1. The van der Waals surface area contributed by atoms with Crippen molar-refractivity contribution in [3.05, 3.63) is 17.0 Å². The van der Waals surface area contributed by atoms with Crippen LogP contribution in [0.3, 0.4) is 0 Å². The molecule has 0 radical (unpaired) electrons. The Morgan fingerprint density at radius 2 is 2.40 bits per heavy atom. The van der Waals surface area contributed by atoms with E-state index in [1.807, 2.05) is 18.4 Å². The summed E-state index contributed by atoms with van der Waals surface area (Å²) in [4.78, 5) is 0. The van der Waals surface area contributed by atoms with Gasteiger partial charge in [0, 0.05) is 6.04 Å². The fourth-order valence-electron chi connectivity index (χ4n) is 0.676. The molecule has 1 aromatic heterocycles. The van der Waals surface area contributed by atoms with Gasteiger partial charge in [0.15, 0.2) is 5.06 Å². The maximum Gasteiger partial charge on any atom is 0.173 e. The Balaban J connectivity index is 2.78. The van der Waals surface area contributed by atoms with Gasteiger partial charge < -0.3 is 10.5 Å². The standard InChI is InChI=1S/C7H11NOS/c1-5(8)6-3-7(9-2)10-4-6/h3-5H,8H2,1-2H3/t5-/m1/s1. The molecule has 0 aliphatic rings. The normalized spacial score (nSPS) is 13.1. The predicted octanol–water partition coefficient (Wildman–Crippen LogP) is 1.78. The minimum Gasteiger partial charge on any atom is -0.487 e. The Morgan fingerprint density at radius 1 is 1.70 bits per heavy atom. The van der Waals surface area contributed by atoms with Crippen molar-refractivity contribution in [1.29, 1.82) is 0 Å². The Kier molecular flexibility index (Phi) is 2.29. The highest BCUT2D eigenvalue weighted by Crippen LogP contribution is 2.25. The number of rotatable bonds is 2. The van der Waals surface area contributed by atoms with Crippen LogP contribution in [0.15, 0.2) is 11.4 Å². The first-order valence-electron chi connectivity index (χ1n) is 3.12. The Labute approximate surface area is 64.6 Å². The molecule has 10 heavy (non-hydrogen) atoms. The first-order chi connectivity index (χ1) is 4.74. The van der Waals surface area contributed by atoms with Crippen LogP contribution in [0.1, 0.15) is 18.5 Å². The zero-order valence-electron chi connectivity index (χ0n) is 6.13. The Bertz CT molecular complexity index is 207. The first kappa shape index (κ1) is 7.57. The molecule has 3 heteroatoms. The molecule has 0 unspecified atom stereocenters. The van der Waals surface area contributed by atoms with Gasteiger partial charge in [-0.3, -0.25) is 0 Å². The minimum atomic E-state index is 0.111. The molecule has 1 atom stereocenters. The summed E-state index contributed by atoms with van der Waals surface area (Å²) in [5.41, 5.74) is 6.77. The Morgan fingerprint density at radius 3 is 2.70 bits per heavy atom. The molecule has 0 saturated carbocycles. The zero-order valence-corrected chi connectivity index (χ0v) is 6.94. The number of hydrogen-bond acceptors (Lipinski definition) is 3. The van der Waals surface area contributed by atoms with Gasteiger partial charge in [0.2, 0.25) is 0 Å². The van der Waals surface area contributed by atoms with Gasteiger partial charge in [-0.1, -0.05) is 0 Å². The maximum atomic E-state index is 5.63. The summed E-state index contributed by atoms with van der Waals surface area (Å²) in [6.45, 7) is 1.96. The summed E-state index contributed by atoms with van der Waals surface area (Å²) in [7, 11) is 1.66. The minimum absolute atomic E-state index is 0.111. The van der Waals surface area contributed by atoms with Crippen molar-refractivity contribution in [2.24, 2.45) is 5.73 Å². The van der Waals surface area contributed by atoms with Crippen LogP contribution in [-0.4, -0.2) is 7.11 Å². The van der Waals surface area contributed by atoms with Crippen LogP contribution < -0.4 is 10.5 Å². The topological polar surface area (TPSA) is 35.2 Å². The van der Waals surface area contributed by atoms with Crippen LogP contribution in [0.25, 0.3) is 0 Å². The molecule has 0 amide bonds. The van der Waals surface area contributed by atoms with Crippen LogP contribution in [0, 0.1) is 0 Å². The van der Waals surface area contributed by atoms with Gasteiger partial charge in [0.05, 0.1) is 7.11 Å². The molecule has 1 rings (SSSR count). The monoisotopic (exact) mass is 157 g/mol. The second-order valence-electron chi connectivity index (χ2n) is 2.19. The van der Waals surface area contributed by atoms with Gasteiger partial charge in [-0.25, -0.2) is 0 Å². The van der Waals surface area contributed by atoms with Crippen molar-refractivity contribution in [2.75, 3.05) is 7.11 Å². The molecule has 1 aromatic rings. The van der Waals surface area contributed by atoms with E-state index in [9.17, 15) is 0 Å². The quantitative estimate of drug-likeness (QED) is 0.710. The lowest BCUT2D eigenvalue weighted by Crippen LogP contribution is -2.02. The second-order valence-corrected chi connectivity index (χ2v) is 3.07. The predicted molar refractivity (Wildman–Crippen MR) is 43.5 cm³/mol. The van der Waals surface area contributed by atoms with Crippen LogP contribution >= 0.6 is 11.3 Å². The molecular weight excluding hydrogens is 146 g/mol. The lowest BCUT2D eigenvalue weighted by Gasteiger charge is -1.97. The van der Waals surface area contributed by atoms with Crippen LogP contribution in [0.2, 0.25) is 0 Å². The van der Waals surface area contributed by atoms with E-state index in [1.165, 1.54) is 0 Å². The van der Waals surface area contributed by atoms with Crippen molar-refractivity contribution in [3.8, 4) is 5.06 Å². The lowest BCUT2D eigenvalue weighted by molar-refractivity contribution is 0.426. The fourth-order valence-corrected chi connectivity index (χ4v) is 1.51. The second kappa shape index (κ2) is 3.03. The maximum absolute atomic E-state index is 5.63. The van der Waals surface area contributed by atoms with Gasteiger partial charge in [-0.15, -0.1) is 11.3 Å². The molecule has 0 aromatic carbocycles. The van der Waals surface area contributed by atoms with Crippen LogP contribution in [0.5, 0.6) is 5.06 Å². The summed E-state index contributed by atoms with van der Waals surface area (Å²) < 4.78 is 5.01.